The predicted octanol–water partition coefficient (Wildman–Crippen LogP) is 2.53. The van der Waals surface area contributed by atoms with E-state index >= 15 is 0 Å². The topological polar surface area (TPSA) is 12.5 Å². The van der Waals surface area contributed by atoms with E-state index in [1.54, 1.807) is 0 Å². The smallest absolute Gasteiger partial charge is 0.0728 e. The van der Waals surface area contributed by atoms with Crippen molar-refractivity contribution in [3.8, 4) is 0 Å². The normalized spacial score (nSPS) is 29.3. The second-order valence-electron chi connectivity index (χ2n) is 3.42. The van der Waals surface area contributed by atoms with E-state index in [-0.39, 0.29) is 0 Å². The van der Waals surface area contributed by atoms with Crippen molar-refractivity contribution in [1.29, 1.82) is 0 Å². The Morgan fingerprint density at radius 1 is 1.38 bits per heavy atom. The molecule has 1 aliphatic heterocycles. The summed E-state index contributed by atoms with van der Waals surface area (Å²) in [4.78, 5) is 2.38. The van der Waals surface area contributed by atoms with Crippen molar-refractivity contribution in [2.45, 2.75) is 52.7 Å². The van der Waals surface area contributed by atoms with Gasteiger partial charge in [-0.3, -0.25) is 4.90 Å². The zero-order valence-electron chi connectivity index (χ0n) is 9.84. The maximum Gasteiger partial charge on any atom is 0.0728 e. The molecule has 0 saturated carbocycles. The van der Waals surface area contributed by atoms with E-state index in [1.165, 1.54) is 12.8 Å². The van der Waals surface area contributed by atoms with E-state index in [0.717, 1.165) is 13.2 Å². The minimum Gasteiger partial charge on any atom is -0.375 e. The van der Waals surface area contributed by atoms with Crippen molar-refractivity contribution >= 4 is 0 Å². The SMILES string of the molecule is CC.CCCC1OCCN(C)C1C. The highest BCUT2D eigenvalue weighted by atomic mass is 16.5. The van der Waals surface area contributed by atoms with Crippen LogP contribution in [0.2, 0.25) is 0 Å². The molecule has 0 N–H and O–H groups in total. The third kappa shape index (κ3) is 4.10. The Labute approximate surface area is 83.3 Å². The Kier molecular flexibility index (Phi) is 7.29. The quantitative estimate of drug-likeness (QED) is 0.658. The van der Waals surface area contributed by atoms with E-state index in [9.17, 15) is 0 Å². The summed E-state index contributed by atoms with van der Waals surface area (Å²) in [6.07, 6.45) is 2.90. The van der Waals surface area contributed by atoms with Gasteiger partial charge in [0.1, 0.15) is 0 Å². The molecule has 0 amide bonds. The van der Waals surface area contributed by atoms with Crippen LogP contribution >= 0.6 is 0 Å². The summed E-state index contributed by atoms with van der Waals surface area (Å²) in [5.41, 5.74) is 0. The Balaban J connectivity index is 0.000000671. The number of morpholine rings is 1. The van der Waals surface area contributed by atoms with Gasteiger partial charge in [0.2, 0.25) is 0 Å². The van der Waals surface area contributed by atoms with Gasteiger partial charge in [0.05, 0.1) is 12.7 Å². The zero-order chi connectivity index (χ0) is 10.3. The summed E-state index contributed by atoms with van der Waals surface area (Å²) in [5.74, 6) is 0. The van der Waals surface area contributed by atoms with Crippen molar-refractivity contribution < 1.29 is 4.74 Å². The van der Waals surface area contributed by atoms with Gasteiger partial charge in [0.25, 0.3) is 0 Å². The lowest BCUT2D eigenvalue weighted by Gasteiger charge is -2.36. The molecule has 1 rings (SSSR count). The van der Waals surface area contributed by atoms with Crippen LogP contribution in [0.15, 0.2) is 0 Å². The Bertz CT molecular complexity index is 115. The highest BCUT2D eigenvalue weighted by Gasteiger charge is 2.24. The van der Waals surface area contributed by atoms with Crippen molar-refractivity contribution in [1.82, 2.24) is 4.90 Å². The highest BCUT2D eigenvalue weighted by molar-refractivity contribution is 4.77. The van der Waals surface area contributed by atoms with Crippen molar-refractivity contribution in [3.05, 3.63) is 0 Å². The highest BCUT2D eigenvalue weighted by Crippen LogP contribution is 2.15. The molecular formula is C11H25NO. The molecule has 80 valence electrons. The third-order valence-electron chi connectivity index (χ3n) is 2.58. The fourth-order valence-electron chi connectivity index (χ4n) is 1.58. The molecule has 0 aromatic rings. The van der Waals surface area contributed by atoms with E-state index in [0.29, 0.717) is 12.1 Å². The number of hydrogen-bond donors (Lipinski definition) is 0. The van der Waals surface area contributed by atoms with Crippen LogP contribution in [0.4, 0.5) is 0 Å². The molecule has 2 atom stereocenters. The van der Waals surface area contributed by atoms with Gasteiger partial charge in [-0.1, -0.05) is 27.2 Å². The second-order valence-corrected chi connectivity index (χ2v) is 3.42. The molecule has 0 radical (unpaired) electrons. The van der Waals surface area contributed by atoms with E-state index in [1.807, 2.05) is 13.8 Å². The van der Waals surface area contributed by atoms with Crippen molar-refractivity contribution in [3.63, 3.8) is 0 Å². The van der Waals surface area contributed by atoms with Gasteiger partial charge in [-0.05, 0) is 20.4 Å². The third-order valence-corrected chi connectivity index (χ3v) is 2.58. The van der Waals surface area contributed by atoms with E-state index in [2.05, 4.69) is 25.8 Å². The van der Waals surface area contributed by atoms with Gasteiger partial charge >= 0.3 is 0 Å². The minimum absolute atomic E-state index is 0.471. The summed E-state index contributed by atoms with van der Waals surface area (Å²) < 4.78 is 5.66. The lowest BCUT2D eigenvalue weighted by molar-refractivity contribution is -0.0586. The molecule has 1 fully saturated rings. The van der Waals surface area contributed by atoms with Gasteiger partial charge < -0.3 is 4.74 Å². The molecule has 1 aliphatic rings. The van der Waals surface area contributed by atoms with Gasteiger partial charge in [-0.2, -0.15) is 0 Å². The second kappa shape index (κ2) is 7.34. The molecule has 0 aliphatic carbocycles. The van der Waals surface area contributed by atoms with Crippen LogP contribution < -0.4 is 0 Å². The molecule has 1 saturated heterocycles. The monoisotopic (exact) mass is 187 g/mol. The predicted molar refractivity (Wildman–Crippen MR) is 58.1 cm³/mol. The standard InChI is InChI=1S/C9H19NO.C2H6/c1-4-5-9-8(2)10(3)6-7-11-9;1-2/h8-9H,4-7H2,1-3H3;1-2H3. The Hall–Kier alpha value is -0.0800. The average Bonchev–Trinajstić information content (AvgIpc) is 2.17. The van der Waals surface area contributed by atoms with Crippen LogP contribution in [0, 0.1) is 0 Å². The van der Waals surface area contributed by atoms with Crippen LogP contribution in [0.1, 0.15) is 40.5 Å². The van der Waals surface area contributed by atoms with Crippen LogP contribution in [0.5, 0.6) is 0 Å². The number of nitrogens with zero attached hydrogens (tertiary/aromatic N) is 1. The largest absolute Gasteiger partial charge is 0.375 e. The molecular weight excluding hydrogens is 162 g/mol. The average molecular weight is 187 g/mol. The molecule has 2 unspecified atom stereocenters. The van der Waals surface area contributed by atoms with Crippen LogP contribution in [-0.4, -0.2) is 37.2 Å². The van der Waals surface area contributed by atoms with Gasteiger partial charge in [0, 0.05) is 12.6 Å². The molecule has 2 nitrogen and oxygen atoms in total. The summed E-state index contributed by atoms with van der Waals surface area (Å²) in [6, 6.07) is 0.601. The summed E-state index contributed by atoms with van der Waals surface area (Å²) in [6.45, 7) is 10.5. The molecule has 0 bridgehead atoms. The fourth-order valence-corrected chi connectivity index (χ4v) is 1.58. The summed E-state index contributed by atoms with van der Waals surface area (Å²) in [7, 11) is 2.18. The van der Waals surface area contributed by atoms with Crippen molar-refractivity contribution in [2.24, 2.45) is 0 Å². The van der Waals surface area contributed by atoms with Crippen LogP contribution in [0.25, 0.3) is 0 Å². The molecule has 0 aromatic heterocycles. The van der Waals surface area contributed by atoms with E-state index < -0.39 is 0 Å². The lowest BCUT2D eigenvalue weighted by atomic mass is 10.1. The molecule has 1 heterocycles. The first kappa shape index (κ1) is 12.9. The van der Waals surface area contributed by atoms with Gasteiger partial charge in [-0.15, -0.1) is 0 Å². The molecule has 13 heavy (non-hydrogen) atoms. The summed E-state index contributed by atoms with van der Waals surface area (Å²) in [5, 5.41) is 0. The van der Waals surface area contributed by atoms with E-state index in [4.69, 9.17) is 4.74 Å². The fraction of sp³-hybridized carbons (Fsp3) is 1.00. The first-order chi connectivity index (χ1) is 6.25. The summed E-state index contributed by atoms with van der Waals surface area (Å²) >= 11 is 0. The minimum atomic E-state index is 0.471. The van der Waals surface area contributed by atoms with Crippen molar-refractivity contribution in [2.75, 3.05) is 20.2 Å². The number of hydrogen-bond acceptors (Lipinski definition) is 2. The first-order valence-corrected chi connectivity index (χ1v) is 5.57. The number of likely N-dealkylation sites (N-methyl/N-ethyl adjacent to an activating group) is 1. The first-order valence-electron chi connectivity index (χ1n) is 5.57. The number of ether oxygens (including phenoxy) is 1. The molecule has 0 spiro atoms. The Morgan fingerprint density at radius 2 is 2.00 bits per heavy atom. The maximum absolute atomic E-state index is 5.66. The van der Waals surface area contributed by atoms with Crippen LogP contribution in [-0.2, 0) is 4.74 Å². The molecule has 0 aromatic carbocycles. The van der Waals surface area contributed by atoms with Crippen LogP contribution in [0.3, 0.4) is 0 Å². The molecule has 2 heteroatoms. The Morgan fingerprint density at radius 3 is 2.54 bits per heavy atom. The zero-order valence-corrected chi connectivity index (χ0v) is 9.84. The number of rotatable bonds is 2. The van der Waals surface area contributed by atoms with Gasteiger partial charge in [-0.25, -0.2) is 0 Å². The maximum atomic E-state index is 5.66. The lowest BCUT2D eigenvalue weighted by Crippen LogP contribution is -2.47. The van der Waals surface area contributed by atoms with Gasteiger partial charge in [0.15, 0.2) is 0 Å².